The van der Waals surface area contributed by atoms with E-state index in [2.05, 4.69) is 4.98 Å². The van der Waals surface area contributed by atoms with Crippen LogP contribution in [0.5, 0.6) is 0 Å². The standard InChI is InChI=1S/C17H18N2O3S/c20-16-7-6-14(22-16)17(21)19(12-15-18-9-11-23-15)10-8-13-4-2-1-3-5-13/h1-5,9,11,14H,6-8,10,12H2/t14-/m0/s1. The van der Waals surface area contributed by atoms with Crippen LogP contribution in [0.2, 0.25) is 0 Å². The van der Waals surface area contributed by atoms with Gasteiger partial charge in [0.05, 0.1) is 6.54 Å². The zero-order chi connectivity index (χ0) is 16.1. The number of nitrogens with zero attached hydrogens (tertiary/aromatic N) is 2. The third-order valence-electron chi connectivity index (χ3n) is 3.79. The quantitative estimate of drug-likeness (QED) is 0.763. The lowest BCUT2D eigenvalue weighted by atomic mass is 10.1. The van der Waals surface area contributed by atoms with Crippen molar-refractivity contribution in [1.82, 2.24) is 9.88 Å². The maximum Gasteiger partial charge on any atom is 0.306 e. The molecular formula is C17H18N2O3S. The largest absolute Gasteiger partial charge is 0.452 e. The van der Waals surface area contributed by atoms with E-state index >= 15 is 0 Å². The fraction of sp³-hybridized carbons (Fsp3) is 0.353. The lowest BCUT2D eigenvalue weighted by Crippen LogP contribution is -2.39. The molecule has 0 radical (unpaired) electrons. The molecule has 1 atom stereocenters. The summed E-state index contributed by atoms with van der Waals surface area (Å²) in [5.74, 6) is -0.414. The van der Waals surface area contributed by atoms with Gasteiger partial charge >= 0.3 is 5.97 Å². The summed E-state index contributed by atoms with van der Waals surface area (Å²) in [5.41, 5.74) is 1.17. The Bertz CT molecular complexity index is 658. The molecule has 2 aromatic rings. The highest BCUT2D eigenvalue weighted by molar-refractivity contribution is 7.09. The average Bonchev–Trinajstić information content (AvgIpc) is 3.23. The number of esters is 1. The van der Waals surface area contributed by atoms with Gasteiger partial charge in [-0.05, 0) is 12.0 Å². The van der Waals surface area contributed by atoms with Crippen LogP contribution in [0, 0.1) is 0 Å². The normalized spacial score (nSPS) is 17.0. The molecule has 1 fully saturated rings. The van der Waals surface area contributed by atoms with Gasteiger partial charge in [0, 0.05) is 31.0 Å². The summed E-state index contributed by atoms with van der Waals surface area (Å²) in [6, 6.07) is 10.0. The molecule has 3 rings (SSSR count). The van der Waals surface area contributed by atoms with Gasteiger partial charge in [0.2, 0.25) is 0 Å². The lowest BCUT2D eigenvalue weighted by Gasteiger charge is -2.24. The smallest absolute Gasteiger partial charge is 0.306 e. The van der Waals surface area contributed by atoms with Crippen molar-refractivity contribution >= 4 is 23.2 Å². The van der Waals surface area contributed by atoms with E-state index in [1.54, 1.807) is 11.1 Å². The molecule has 5 nitrogen and oxygen atoms in total. The third kappa shape index (κ3) is 4.16. The van der Waals surface area contributed by atoms with Crippen molar-refractivity contribution in [3.8, 4) is 0 Å². The molecule has 0 spiro atoms. The van der Waals surface area contributed by atoms with Crippen molar-refractivity contribution in [3.63, 3.8) is 0 Å². The van der Waals surface area contributed by atoms with E-state index in [-0.39, 0.29) is 11.9 Å². The molecule has 0 N–H and O–H groups in total. The number of cyclic esters (lactones) is 1. The molecule has 0 bridgehead atoms. The van der Waals surface area contributed by atoms with E-state index < -0.39 is 6.10 Å². The number of aromatic nitrogens is 1. The number of benzene rings is 1. The number of hydrogen-bond acceptors (Lipinski definition) is 5. The molecule has 0 saturated carbocycles. The topological polar surface area (TPSA) is 59.5 Å². The minimum atomic E-state index is -0.641. The first kappa shape index (κ1) is 15.7. The summed E-state index contributed by atoms with van der Waals surface area (Å²) in [4.78, 5) is 29.9. The summed E-state index contributed by atoms with van der Waals surface area (Å²) in [5, 5.41) is 2.78. The van der Waals surface area contributed by atoms with Gasteiger partial charge in [-0.2, -0.15) is 0 Å². The summed E-state index contributed by atoms with van der Waals surface area (Å²) < 4.78 is 5.13. The molecule has 120 valence electrons. The van der Waals surface area contributed by atoms with Crippen LogP contribution in [-0.2, 0) is 27.3 Å². The number of ether oxygens (including phenoxy) is 1. The Kier molecular flexibility index (Phi) is 5.02. The molecule has 0 unspecified atom stereocenters. The second-order valence-corrected chi connectivity index (χ2v) is 6.42. The van der Waals surface area contributed by atoms with E-state index in [0.29, 0.717) is 25.9 Å². The maximum absolute atomic E-state index is 12.7. The van der Waals surface area contributed by atoms with E-state index in [0.717, 1.165) is 11.4 Å². The molecular weight excluding hydrogens is 312 g/mol. The zero-order valence-corrected chi connectivity index (χ0v) is 13.5. The van der Waals surface area contributed by atoms with Crippen molar-refractivity contribution in [3.05, 3.63) is 52.5 Å². The van der Waals surface area contributed by atoms with Gasteiger partial charge in [-0.25, -0.2) is 4.98 Å². The average molecular weight is 330 g/mol. The Morgan fingerprint density at radius 2 is 2.17 bits per heavy atom. The van der Waals surface area contributed by atoms with E-state index in [4.69, 9.17) is 4.74 Å². The summed E-state index contributed by atoms with van der Waals surface area (Å²) >= 11 is 1.52. The fourth-order valence-corrected chi connectivity index (χ4v) is 3.20. The molecule has 6 heteroatoms. The number of thiazole rings is 1. The molecule has 0 aliphatic carbocycles. The number of hydrogen-bond donors (Lipinski definition) is 0. The van der Waals surface area contributed by atoms with Crippen LogP contribution >= 0.6 is 11.3 Å². The highest BCUT2D eigenvalue weighted by atomic mass is 32.1. The second kappa shape index (κ2) is 7.37. The summed E-state index contributed by atoms with van der Waals surface area (Å²) in [6.07, 6.45) is 2.64. The van der Waals surface area contributed by atoms with E-state index in [9.17, 15) is 9.59 Å². The van der Waals surface area contributed by atoms with E-state index in [1.165, 1.54) is 16.9 Å². The van der Waals surface area contributed by atoms with Crippen molar-refractivity contribution < 1.29 is 14.3 Å². The van der Waals surface area contributed by atoms with Gasteiger partial charge in [-0.1, -0.05) is 30.3 Å². The molecule has 1 saturated heterocycles. The Balaban J connectivity index is 1.68. The highest BCUT2D eigenvalue weighted by Crippen LogP contribution is 2.18. The van der Waals surface area contributed by atoms with Crippen LogP contribution in [-0.4, -0.2) is 34.4 Å². The predicted molar refractivity (Wildman–Crippen MR) is 86.8 cm³/mol. The Morgan fingerprint density at radius 1 is 1.35 bits per heavy atom. The zero-order valence-electron chi connectivity index (χ0n) is 12.7. The van der Waals surface area contributed by atoms with Gasteiger partial charge < -0.3 is 9.64 Å². The summed E-state index contributed by atoms with van der Waals surface area (Å²) in [7, 11) is 0. The van der Waals surface area contributed by atoms with Gasteiger partial charge in [-0.15, -0.1) is 11.3 Å². The summed E-state index contributed by atoms with van der Waals surface area (Å²) in [6.45, 7) is 1.04. The van der Waals surface area contributed by atoms with Crippen molar-refractivity contribution in [2.45, 2.75) is 31.9 Å². The molecule has 1 aliphatic rings. The van der Waals surface area contributed by atoms with Gasteiger partial charge in [0.25, 0.3) is 5.91 Å². The maximum atomic E-state index is 12.7. The molecule has 1 aromatic heterocycles. The Labute approximate surface area is 138 Å². The van der Waals surface area contributed by atoms with Gasteiger partial charge in [-0.3, -0.25) is 9.59 Å². The Morgan fingerprint density at radius 3 is 2.83 bits per heavy atom. The Hall–Kier alpha value is -2.21. The van der Waals surface area contributed by atoms with Crippen molar-refractivity contribution in [2.75, 3.05) is 6.54 Å². The van der Waals surface area contributed by atoms with Crippen molar-refractivity contribution in [2.24, 2.45) is 0 Å². The van der Waals surface area contributed by atoms with Crippen LogP contribution in [0.4, 0.5) is 0 Å². The van der Waals surface area contributed by atoms with Crippen LogP contribution in [0.1, 0.15) is 23.4 Å². The monoisotopic (exact) mass is 330 g/mol. The first-order valence-corrected chi connectivity index (χ1v) is 8.51. The van der Waals surface area contributed by atoms with Gasteiger partial charge in [0.1, 0.15) is 5.01 Å². The number of rotatable bonds is 6. The van der Waals surface area contributed by atoms with Crippen LogP contribution in [0.25, 0.3) is 0 Å². The van der Waals surface area contributed by atoms with Crippen molar-refractivity contribution in [1.29, 1.82) is 0 Å². The lowest BCUT2D eigenvalue weighted by molar-refractivity contribution is -0.153. The minimum absolute atomic E-state index is 0.123. The predicted octanol–water partition coefficient (Wildman–Crippen LogP) is 2.42. The van der Waals surface area contributed by atoms with Gasteiger partial charge in [0.15, 0.2) is 6.10 Å². The molecule has 1 amide bonds. The third-order valence-corrected chi connectivity index (χ3v) is 4.56. The van der Waals surface area contributed by atoms with Crippen LogP contribution < -0.4 is 0 Å². The first-order valence-electron chi connectivity index (χ1n) is 7.63. The molecule has 23 heavy (non-hydrogen) atoms. The first-order chi connectivity index (χ1) is 11.2. The SMILES string of the molecule is O=C1CC[C@@H](C(=O)N(CCc2ccccc2)Cc2nccs2)O1. The second-order valence-electron chi connectivity index (χ2n) is 5.44. The number of amides is 1. The fourth-order valence-electron chi connectivity index (χ4n) is 2.57. The van der Waals surface area contributed by atoms with Crippen LogP contribution in [0.15, 0.2) is 41.9 Å². The molecule has 2 heterocycles. The van der Waals surface area contributed by atoms with Crippen LogP contribution in [0.3, 0.4) is 0 Å². The van der Waals surface area contributed by atoms with E-state index in [1.807, 2.05) is 35.7 Å². The minimum Gasteiger partial charge on any atom is -0.452 e. The number of carbonyl (C=O) groups is 2. The highest BCUT2D eigenvalue weighted by Gasteiger charge is 2.33. The number of carbonyl (C=O) groups excluding carboxylic acids is 2. The molecule has 1 aromatic carbocycles. The molecule has 1 aliphatic heterocycles.